The van der Waals surface area contributed by atoms with Crippen molar-refractivity contribution in [1.29, 1.82) is 0 Å². The Balaban J connectivity index is 2.35. The Hall–Kier alpha value is -0.900. The zero-order valence-electron chi connectivity index (χ0n) is 12.9. The van der Waals surface area contributed by atoms with E-state index < -0.39 is 6.10 Å². The van der Waals surface area contributed by atoms with Gasteiger partial charge in [0.05, 0.1) is 11.7 Å². The van der Waals surface area contributed by atoms with Crippen LogP contribution in [0.4, 0.5) is 0 Å². The van der Waals surface area contributed by atoms with Crippen molar-refractivity contribution in [2.75, 3.05) is 13.7 Å². The van der Waals surface area contributed by atoms with E-state index in [0.29, 0.717) is 13.0 Å². The van der Waals surface area contributed by atoms with Crippen molar-refractivity contribution >= 4 is 0 Å². The quantitative estimate of drug-likeness (QED) is 0.869. The van der Waals surface area contributed by atoms with Gasteiger partial charge in [-0.15, -0.1) is 0 Å². The normalized spacial score (nSPS) is 24.2. The minimum Gasteiger partial charge on any atom is -0.392 e. The van der Waals surface area contributed by atoms with Gasteiger partial charge in [0.15, 0.2) is 0 Å². The maximum Gasteiger partial charge on any atom is 0.0676 e. The lowest BCUT2D eigenvalue weighted by Gasteiger charge is -2.44. The number of aryl methyl sites for hydroxylation is 1. The van der Waals surface area contributed by atoms with Crippen LogP contribution in [0.15, 0.2) is 24.3 Å². The Morgan fingerprint density at radius 1 is 1.40 bits per heavy atom. The van der Waals surface area contributed by atoms with Crippen molar-refractivity contribution in [3.63, 3.8) is 0 Å². The lowest BCUT2D eigenvalue weighted by molar-refractivity contribution is -0.0436. The Morgan fingerprint density at radius 3 is 2.75 bits per heavy atom. The molecule has 0 bridgehead atoms. The third-order valence-corrected chi connectivity index (χ3v) is 4.86. The summed E-state index contributed by atoms with van der Waals surface area (Å²) < 4.78 is 5.48. The number of rotatable bonds is 5. The molecule has 3 N–H and O–H groups in total. The molecule has 1 aromatic rings. The van der Waals surface area contributed by atoms with Crippen LogP contribution in [0.1, 0.15) is 44.2 Å². The second-order valence-electron chi connectivity index (χ2n) is 6.55. The van der Waals surface area contributed by atoms with E-state index in [2.05, 4.69) is 18.2 Å². The number of aliphatic hydroxyl groups excluding tert-OH is 1. The molecule has 3 heteroatoms. The SMILES string of the molecule is COC(C)(C)CC(O)C1(CN)CCCc2ccccc21. The molecule has 0 saturated carbocycles. The topological polar surface area (TPSA) is 55.5 Å². The molecule has 2 unspecified atom stereocenters. The van der Waals surface area contributed by atoms with Gasteiger partial charge in [-0.1, -0.05) is 24.3 Å². The van der Waals surface area contributed by atoms with Crippen LogP contribution < -0.4 is 5.73 Å². The second kappa shape index (κ2) is 5.84. The third-order valence-electron chi connectivity index (χ3n) is 4.86. The number of hydrogen-bond donors (Lipinski definition) is 2. The summed E-state index contributed by atoms with van der Waals surface area (Å²) in [4.78, 5) is 0. The molecule has 0 saturated heterocycles. The minimum atomic E-state index is -0.483. The van der Waals surface area contributed by atoms with E-state index >= 15 is 0 Å². The van der Waals surface area contributed by atoms with E-state index in [1.807, 2.05) is 19.9 Å². The fourth-order valence-corrected chi connectivity index (χ4v) is 3.39. The molecule has 2 atom stereocenters. The van der Waals surface area contributed by atoms with Crippen LogP contribution in [0.25, 0.3) is 0 Å². The maximum absolute atomic E-state index is 10.9. The van der Waals surface area contributed by atoms with E-state index in [-0.39, 0.29) is 11.0 Å². The average molecular weight is 277 g/mol. The Labute approximate surface area is 122 Å². The van der Waals surface area contributed by atoms with Crippen LogP contribution in [0.5, 0.6) is 0 Å². The summed E-state index contributed by atoms with van der Waals surface area (Å²) in [7, 11) is 1.69. The molecule has 1 aromatic carbocycles. The number of benzene rings is 1. The largest absolute Gasteiger partial charge is 0.392 e. The lowest BCUT2D eigenvalue weighted by atomic mass is 9.65. The van der Waals surface area contributed by atoms with Gasteiger partial charge >= 0.3 is 0 Å². The predicted octanol–water partition coefficient (Wildman–Crippen LogP) is 2.40. The maximum atomic E-state index is 10.9. The Kier molecular flexibility index (Phi) is 4.52. The molecule has 0 aromatic heterocycles. The second-order valence-corrected chi connectivity index (χ2v) is 6.55. The minimum absolute atomic E-state index is 0.329. The van der Waals surface area contributed by atoms with Gasteiger partial charge in [0.2, 0.25) is 0 Å². The molecule has 0 fully saturated rings. The highest BCUT2D eigenvalue weighted by Gasteiger charge is 2.43. The standard InChI is InChI=1S/C17H27NO2/c1-16(2,20-3)11-15(19)17(12-18)10-6-8-13-7-4-5-9-14(13)17/h4-5,7,9,15,19H,6,8,10-12,18H2,1-3H3. The summed E-state index contributed by atoms with van der Waals surface area (Å²) >= 11 is 0. The van der Waals surface area contributed by atoms with Gasteiger partial charge in [-0.25, -0.2) is 0 Å². The highest BCUT2D eigenvalue weighted by Crippen LogP contribution is 2.41. The van der Waals surface area contributed by atoms with E-state index in [1.165, 1.54) is 11.1 Å². The van der Waals surface area contributed by atoms with Crippen molar-refractivity contribution in [2.45, 2.75) is 56.7 Å². The van der Waals surface area contributed by atoms with Crippen LogP contribution in [0.2, 0.25) is 0 Å². The number of aliphatic hydroxyl groups is 1. The zero-order chi connectivity index (χ0) is 14.8. The van der Waals surface area contributed by atoms with Crippen LogP contribution in [0, 0.1) is 0 Å². The number of nitrogens with two attached hydrogens (primary N) is 1. The van der Waals surface area contributed by atoms with E-state index in [4.69, 9.17) is 10.5 Å². The molecular weight excluding hydrogens is 250 g/mol. The fraction of sp³-hybridized carbons (Fsp3) is 0.647. The highest BCUT2D eigenvalue weighted by molar-refractivity contribution is 5.38. The number of ether oxygens (including phenoxy) is 1. The summed E-state index contributed by atoms with van der Waals surface area (Å²) in [5.74, 6) is 0. The van der Waals surface area contributed by atoms with Crippen LogP contribution in [0.3, 0.4) is 0 Å². The Morgan fingerprint density at radius 2 is 2.10 bits per heavy atom. The molecule has 1 aliphatic rings. The number of methoxy groups -OCH3 is 1. The van der Waals surface area contributed by atoms with E-state index in [0.717, 1.165) is 19.3 Å². The first kappa shape index (κ1) is 15.5. The Bertz CT molecular complexity index is 458. The van der Waals surface area contributed by atoms with Crippen molar-refractivity contribution in [2.24, 2.45) is 5.73 Å². The first-order chi connectivity index (χ1) is 9.45. The van der Waals surface area contributed by atoms with Gasteiger partial charge in [0, 0.05) is 25.5 Å². The summed E-state index contributed by atoms with van der Waals surface area (Å²) in [6.45, 7) is 4.50. The summed E-state index contributed by atoms with van der Waals surface area (Å²) in [6.07, 6.45) is 3.22. The van der Waals surface area contributed by atoms with Gasteiger partial charge < -0.3 is 15.6 Å². The van der Waals surface area contributed by atoms with Gasteiger partial charge in [-0.2, -0.15) is 0 Å². The molecule has 1 aliphatic carbocycles. The van der Waals surface area contributed by atoms with Gasteiger partial charge in [0.1, 0.15) is 0 Å². The first-order valence-corrected chi connectivity index (χ1v) is 7.47. The molecule has 3 nitrogen and oxygen atoms in total. The van der Waals surface area contributed by atoms with E-state index in [9.17, 15) is 5.11 Å². The van der Waals surface area contributed by atoms with Gasteiger partial charge in [0.25, 0.3) is 0 Å². The smallest absolute Gasteiger partial charge is 0.0676 e. The monoisotopic (exact) mass is 277 g/mol. The van der Waals surface area contributed by atoms with Crippen LogP contribution in [-0.4, -0.2) is 30.5 Å². The summed E-state index contributed by atoms with van der Waals surface area (Å²) in [5.41, 5.74) is 8.01. The molecule has 20 heavy (non-hydrogen) atoms. The van der Waals surface area contributed by atoms with Crippen LogP contribution in [-0.2, 0) is 16.6 Å². The number of fused-ring (bicyclic) bond motifs is 1. The van der Waals surface area contributed by atoms with Crippen molar-refractivity contribution in [1.82, 2.24) is 0 Å². The molecular formula is C17H27NO2. The summed E-state index contributed by atoms with van der Waals surface area (Å²) in [5, 5.41) is 10.9. The molecule has 0 amide bonds. The lowest BCUT2D eigenvalue weighted by Crippen LogP contribution is -2.50. The fourth-order valence-electron chi connectivity index (χ4n) is 3.39. The van der Waals surface area contributed by atoms with Crippen molar-refractivity contribution in [3.05, 3.63) is 35.4 Å². The van der Waals surface area contributed by atoms with Crippen molar-refractivity contribution < 1.29 is 9.84 Å². The van der Waals surface area contributed by atoms with Crippen molar-refractivity contribution in [3.8, 4) is 0 Å². The molecule has 112 valence electrons. The highest BCUT2D eigenvalue weighted by atomic mass is 16.5. The molecule has 2 rings (SSSR count). The zero-order valence-corrected chi connectivity index (χ0v) is 12.9. The van der Waals surface area contributed by atoms with Gasteiger partial charge in [-0.05, 0) is 44.2 Å². The molecule has 0 heterocycles. The average Bonchev–Trinajstić information content (AvgIpc) is 2.46. The van der Waals surface area contributed by atoms with Crippen LogP contribution >= 0.6 is 0 Å². The first-order valence-electron chi connectivity index (χ1n) is 7.47. The van der Waals surface area contributed by atoms with Gasteiger partial charge in [-0.3, -0.25) is 0 Å². The molecule has 0 spiro atoms. The number of hydrogen-bond acceptors (Lipinski definition) is 3. The summed E-state index contributed by atoms with van der Waals surface area (Å²) in [6, 6.07) is 8.40. The predicted molar refractivity (Wildman–Crippen MR) is 81.8 cm³/mol. The molecule has 0 radical (unpaired) electrons. The third kappa shape index (κ3) is 2.76. The van der Waals surface area contributed by atoms with E-state index in [1.54, 1.807) is 7.11 Å². The molecule has 0 aliphatic heterocycles.